The minimum atomic E-state index is 0.247. The highest BCUT2D eigenvalue weighted by molar-refractivity contribution is 6.32. The molecule has 15 heavy (non-hydrogen) atoms. The van der Waals surface area contributed by atoms with Crippen molar-refractivity contribution in [1.29, 1.82) is 0 Å². The maximum absolute atomic E-state index is 5.74. The molecule has 0 bridgehead atoms. The Labute approximate surface area is 90.9 Å². The highest BCUT2D eigenvalue weighted by atomic mass is 35.5. The Bertz CT molecular complexity index is 440. The van der Waals surface area contributed by atoms with Crippen molar-refractivity contribution in [3.63, 3.8) is 0 Å². The summed E-state index contributed by atoms with van der Waals surface area (Å²) < 4.78 is 0. The molecule has 2 aromatic heterocycles. The van der Waals surface area contributed by atoms with Crippen molar-refractivity contribution in [2.24, 2.45) is 0 Å². The van der Waals surface area contributed by atoms with Gasteiger partial charge in [-0.05, 0) is 0 Å². The van der Waals surface area contributed by atoms with Gasteiger partial charge in [-0.1, -0.05) is 11.6 Å². The topological polar surface area (TPSA) is 92.5 Å². The molecule has 0 atom stereocenters. The molecule has 0 unspecified atom stereocenters. The standard InChI is InChI=1S/C8H9ClN6/c9-7-6(10)8(15-4-14-7)12-2-5-1-11-3-13-5/h1,3-4H,2,10H2,(H,11,13)(H,12,14,15). The second-order valence-corrected chi connectivity index (χ2v) is 3.22. The Balaban J connectivity index is 2.08. The van der Waals surface area contributed by atoms with E-state index in [2.05, 4.69) is 25.3 Å². The number of nitrogen functional groups attached to an aromatic ring is 1. The third-order valence-electron chi connectivity index (χ3n) is 1.84. The molecular formula is C8H9ClN6. The number of nitrogens with zero attached hydrogens (tertiary/aromatic N) is 3. The van der Waals surface area contributed by atoms with E-state index in [9.17, 15) is 0 Å². The molecule has 78 valence electrons. The van der Waals surface area contributed by atoms with Crippen LogP contribution in [0.25, 0.3) is 0 Å². The molecular weight excluding hydrogens is 216 g/mol. The average Bonchev–Trinajstić information content (AvgIpc) is 2.73. The van der Waals surface area contributed by atoms with E-state index in [1.807, 2.05) is 0 Å². The van der Waals surface area contributed by atoms with Crippen molar-refractivity contribution in [2.45, 2.75) is 6.54 Å². The van der Waals surface area contributed by atoms with Crippen LogP contribution in [0, 0.1) is 0 Å². The molecule has 0 radical (unpaired) electrons. The number of nitrogens with two attached hydrogens (primary N) is 1. The summed E-state index contributed by atoms with van der Waals surface area (Å²) in [7, 11) is 0. The van der Waals surface area contributed by atoms with Crippen molar-refractivity contribution in [1.82, 2.24) is 19.9 Å². The first kappa shape index (κ1) is 9.72. The molecule has 6 nitrogen and oxygen atoms in total. The zero-order valence-corrected chi connectivity index (χ0v) is 8.49. The van der Waals surface area contributed by atoms with Gasteiger partial charge in [0.25, 0.3) is 0 Å². The van der Waals surface area contributed by atoms with Gasteiger partial charge in [-0.25, -0.2) is 15.0 Å². The van der Waals surface area contributed by atoms with E-state index in [0.29, 0.717) is 18.1 Å². The number of H-pyrrole nitrogens is 1. The van der Waals surface area contributed by atoms with Crippen molar-refractivity contribution < 1.29 is 0 Å². The summed E-state index contributed by atoms with van der Waals surface area (Å²) >= 11 is 5.74. The molecule has 4 N–H and O–H groups in total. The van der Waals surface area contributed by atoms with Crippen molar-refractivity contribution >= 4 is 23.1 Å². The smallest absolute Gasteiger partial charge is 0.157 e. The summed E-state index contributed by atoms with van der Waals surface area (Å²) in [5, 5.41) is 3.27. The molecule has 0 saturated carbocycles. The van der Waals surface area contributed by atoms with Gasteiger partial charge < -0.3 is 16.0 Å². The Morgan fingerprint density at radius 3 is 3.07 bits per heavy atom. The zero-order valence-electron chi connectivity index (χ0n) is 7.74. The third-order valence-corrected chi connectivity index (χ3v) is 2.14. The lowest BCUT2D eigenvalue weighted by Gasteiger charge is -2.06. The normalized spacial score (nSPS) is 10.2. The quantitative estimate of drug-likeness (QED) is 0.678. The summed E-state index contributed by atoms with van der Waals surface area (Å²) in [6.07, 6.45) is 4.67. The minimum absolute atomic E-state index is 0.247. The number of imidazole rings is 1. The molecule has 0 spiro atoms. The number of anilines is 2. The predicted octanol–water partition coefficient (Wildman–Crippen LogP) is 1.05. The van der Waals surface area contributed by atoms with Crippen molar-refractivity contribution in [2.75, 3.05) is 11.1 Å². The van der Waals surface area contributed by atoms with Gasteiger partial charge in [0.2, 0.25) is 0 Å². The lowest BCUT2D eigenvalue weighted by atomic mass is 10.4. The van der Waals surface area contributed by atoms with Gasteiger partial charge in [-0.2, -0.15) is 0 Å². The number of rotatable bonds is 3. The van der Waals surface area contributed by atoms with Crippen LogP contribution in [0.15, 0.2) is 18.9 Å². The van der Waals surface area contributed by atoms with E-state index in [1.165, 1.54) is 6.33 Å². The third kappa shape index (κ3) is 2.16. The number of aromatic nitrogens is 4. The van der Waals surface area contributed by atoms with Gasteiger partial charge in [0, 0.05) is 6.20 Å². The van der Waals surface area contributed by atoms with Crippen LogP contribution in [0.5, 0.6) is 0 Å². The van der Waals surface area contributed by atoms with E-state index in [4.69, 9.17) is 17.3 Å². The van der Waals surface area contributed by atoms with Crippen LogP contribution in [-0.4, -0.2) is 19.9 Å². The number of aromatic amines is 1. The van der Waals surface area contributed by atoms with Crippen LogP contribution in [0.1, 0.15) is 5.69 Å². The fourth-order valence-corrected chi connectivity index (χ4v) is 1.21. The molecule has 2 aromatic rings. The van der Waals surface area contributed by atoms with E-state index in [-0.39, 0.29) is 5.15 Å². The molecule has 0 fully saturated rings. The van der Waals surface area contributed by atoms with Gasteiger partial charge in [0.05, 0.1) is 18.6 Å². The molecule has 0 aliphatic heterocycles. The number of nitrogens with one attached hydrogen (secondary N) is 2. The number of hydrogen-bond donors (Lipinski definition) is 3. The summed E-state index contributed by atoms with van der Waals surface area (Å²) in [6.45, 7) is 0.553. The van der Waals surface area contributed by atoms with Crippen molar-refractivity contribution in [3.05, 3.63) is 29.7 Å². The summed E-state index contributed by atoms with van der Waals surface area (Å²) in [4.78, 5) is 14.6. The van der Waals surface area contributed by atoms with Crippen LogP contribution in [0.3, 0.4) is 0 Å². The van der Waals surface area contributed by atoms with Crippen molar-refractivity contribution in [3.8, 4) is 0 Å². The van der Waals surface area contributed by atoms with Crippen LogP contribution < -0.4 is 11.1 Å². The zero-order chi connectivity index (χ0) is 10.7. The molecule has 0 aliphatic carbocycles. The number of halogens is 1. The SMILES string of the molecule is Nc1c(Cl)ncnc1NCc1cnc[nH]1. The second kappa shape index (κ2) is 4.14. The van der Waals surface area contributed by atoms with Gasteiger partial charge in [-0.3, -0.25) is 0 Å². The minimum Gasteiger partial charge on any atom is -0.393 e. The van der Waals surface area contributed by atoms with Gasteiger partial charge in [0.15, 0.2) is 11.0 Å². The highest BCUT2D eigenvalue weighted by Crippen LogP contribution is 2.21. The van der Waals surface area contributed by atoms with Crippen LogP contribution >= 0.6 is 11.6 Å². The summed E-state index contributed by atoms with van der Waals surface area (Å²) in [5.74, 6) is 0.518. The molecule has 0 amide bonds. The predicted molar refractivity (Wildman–Crippen MR) is 57.4 cm³/mol. The van der Waals surface area contributed by atoms with E-state index < -0.39 is 0 Å². The van der Waals surface area contributed by atoms with Gasteiger partial charge >= 0.3 is 0 Å². The maximum atomic E-state index is 5.74. The summed E-state index contributed by atoms with van der Waals surface area (Å²) in [6, 6.07) is 0. The molecule has 0 aromatic carbocycles. The van der Waals surface area contributed by atoms with Crippen LogP contribution in [0.2, 0.25) is 5.15 Å². The van der Waals surface area contributed by atoms with E-state index >= 15 is 0 Å². The largest absolute Gasteiger partial charge is 0.393 e. The first-order valence-electron chi connectivity index (χ1n) is 4.24. The average molecular weight is 225 g/mol. The molecule has 7 heteroatoms. The first-order valence-corrected chi connectivity index (χ1v) is 4.62. The fourth-order valence-electron chi connectivity index (χ4n) is 1.08. The van der Waals surface area contributed by atoms with Crippen LogP contribution in [-0.2, 0) is 6.54 Å². The Morgan fingerprint density at radius 1 is 1.47 bits per heavy atom. The second-order valence-electron chi connectivity index (χ2n) is 2.86. The fraction of sp³-hybridized carbons (Fsp3) is 0.125. The lowest BCUT2D eigenvalue weighted by Crippen LogP contribution is -2.05. The van der Waals surface area contributed by atoms with E-state index in [0.717, 1.165) is 5.69 Å². The monoisotopic (exact) mass is 224 g/mol. The number of hydrogen-bond acceptors (Lipinski definition) is 5. The highest BCUT2D eigenvalue weighted by Gasteiger charge is 2.05. The molecule has 2 rings (SSSR count). The first-order chi connectivity index (χ1) is 7.27. The van der Waals surface area contributed by atoms with E-state index in [1.54, 1.807) is 12.5 Å². The Kier molecular flexibility index (Phi) is 2.68. The molecule has 2 heterocycles. The Morgan fingerprint density at radius 2 is 2.33 bits per heavy atom. The van der Waals surface area contributed by atoms with Gasteiger partial charge in [-0.15, -0.1) is 0 Å². The molecule has 0 saturated heterocycles. The summed E-state index contributed by atoms with van der Waals surface area (Å²) in [5.41, 5.74) is 6.96. The molecule has 0 aliphatic rings. The lowest BCUT2D eigenvalue weighted by molar-refractivity contribution is 1.04. The van der Waals surface area contributed by atoms with Gasteiger partial charge in [0.1, 0.15) is 12.0 Å². The van der Waals surface area contributed by atoms with Crippen LogP contribution in [0.4, 0.5) is 11.5 Å². The Hall–Kier alpha value is -1.82. The maximum Gasteiger partial charge on any atom is 0.157 e.